The Bertz CT molecular complexity index is 1390. The summed E-state index contributed by atoms with van der Waals surface area (Å²) < 4.78 is 0. The number of azo groups is 1. The SMILES string of the molecule is Cc1ccc2[nH]c(O)c(N=Nc3nnc(-c4ccccc4)c(-c4ccccc4)n3)c2c1. The van der Waals surface area contributed by atoms with Crippen LogP contribution in [0.1, 0.15) is 5.56 Å². The van der Waals surface area contributed by atoms with Gasteiger partial charge in [0.1, 0.15) is 11.4 Å². The first kappa shape index (κ1) is 18.6. The fourth-order valence-electron chi connectivity index (χ4n) is 3.42. The van der Waals surface area contributed by atoms with Crippen molar-refractivity contribution in [1.82, 2.24) is 20.2 Å². The van der Waals surface area contributed by atoms with Gasteiger partial charge in [-0.15, -0.1) is 20.4 Å². The average molecular weight is 406 g/mol. The minimum absolute atomic E-state index is 0.0542. The highest BCUT2D eigenvalue weighted by atomic mass is 16.3. The van der Waals surface area contributed by atoms with Crippen LogP contribution < -0.4 is 0 Å². The summed E-state index contributed by atoms with van der Waals surface area (Å²) in [7, 11) is 0. The van der Waals surface area contributed by atoms with E-state index in [9.17, 15) is 5.11 Å². The standard InChI is InChI=1S/C24H18N6O/c1-15-12-13-19-18(14-15)22(23(31)25-19)28-30-24-26-20(16-8-4-2-5-9-16)21(27-29-24)17-10-6-3-7-11-17/h2-14,25,31H,1H3. The Kier molecular flexibility index (Phi) is 4.68. The molecular formula is C24H18N6O. The number of hydrogen-bond donors (Lipinski definition) is 2. The number of H-pyrrole nitrogens is 1. The highest BCUT2D eigenvalue weighted by Gasteiger charge is 2.14. The van der Waals surface area contributed by atoms with E-state index in [4.69, 9.17) is 0 Å². The smallest absolute Gasteiger partial charge is 0.288 e. The molecule has 0 aliphatic heterocycles. The topological polar surface area (TPSA) is 99.4 Å². The lowest BCUT2D eigenvalue weighted by Gasteiger charge is -2.07. The number of aromatic hydroxyl groups is 1. The third kappa shape index (κ3) is 3.64. The number of benzene rings is 3. The predicted octanol–water partition coefficient (Wildman–Crippen LogP) is 6.12. The van der Waals surface area contributed by atoms with Gasteiger partial charge in [0.05, 0.1) is 5.52 Å². The van der Waals surface area contributed by atoms with Gasteiger partial charge in [0.25, 0.3) is 5.95 Å². The van der Waals surface area contributed by atoms with Crippen LogP contribution in [0.15, 0.2) is 89.1 Å². The average Bonchev–Trinajstić information content (AvgIpc) is 3.13. The molecule has 5 aromatic rings. The number of aryl methyl sites for hydroxylation is 1. The molecule has 3 aromatic carbocycles. The summed E-state index contributed by atoms with van der Waals surface area (Å²) in [4.78, 5) is 7.52. The van der Waals surface area contributed by atoms with E-state index in [1.54, 1.807) is 0 Å². The van der Waals surface area contributed by atoms with Crippen molar-refractivity contribution in [3.8, 4) is 28.4 Å². The molecule has 0 aliphatic rings. The number of rotatable bonds is 4. The molecule has 0 aliphatic carbocycles. The first-order chi connectivity index (χ1) is 15.2. The van der Waals surface area contributed by atoms with Gasteiger partial charge in [-0.05, 0) is 19.1 Å². The Balaban J connectivity index is 1.60. The maximum absolute atomic E-state index is 10.3. The van der Waals surface area contributed by atoms with E-state index in [1.165, 1.54) is 0 Å². The van der Waals surface area contributed by atoms with Crippen LogP contribution in [0.3, 0.4) is 0 Å². The molecular weight excluding hydrogens is 388 g/mol. The lowest BCUT2D eigenvalue weighted by molar-refractivity contribution is 0.459. The van der Waals surface area contributed by atoms with E-state index in [0.29, 0.717) is 17.1 Å². The summed E-state index contributed by atoms with van der Waals surface area (Å²) in [5, 5.41) is 28.0. The summed E-state index contributed by atoms with van der Waals surface area (Å²) in [6.07, 6.45) is 0. The van der Waals surface area contributed by atoms with Crippen molar-refractivity contribution >= 4 is 22.5 Å². The summed E-state index contributed by atoms with van der Waals surface area (Å²) >= 11 is 0. The molecule has 31 heavy (non-hydrogen) atoms. The van der Waals surface area contributed by atoms with Crippen LogP contribution in [0.4, 0.5) is 11.6 Å². The van der Waals surface area contributed by atoms with E-state index >= 15 is 0 Å². The highest BCUT2D eigenvalue weighted by Crippen LogP contribution is 2.37. The molecule has 0 bridgehead atoms. The molecule has 7 nitrogen and oxygen atoms in total. The molecule has 0 fully saturated rings. The monoisotopic (exact) mass is 406 g/mol. The number of nitrogens with zero attached hydrogens (tertiary/aromatic N) is 5. The van der Waals surface area contributed by atoms with Crippen LogP contribution in [-0.2, 0) is 0 Å². The van der Waals surface area contributed by atoms with Crippen molar-refractivity contribution in [3.05, 3.63) is 84.4 Å². The van der Waals surface area contributed by atoms with Crippen molar-refractivity contribution in [2.45, 2.75) is 6.92 Å². The number of hydrogen-bond acceptors (Lipinski definition) is 6. The van der Waals surface area contributed by atoms with Gasteiger partial charge in [-0.2, -0.15) is 0 Å². The lowest BCUT2D eigenvalue weighted by Crippen LogP contribution is -1.96. The van der Waals surface area contributed by atoms with E-state index < -0.39 is 0 Å². The second-order valence-corrected chi connectivity index (χ2v) is 7.11. The Hall–Kier alpha value is -4.39. The molecule has 0 spiro atoms. The van der Waals surface area contributed by atoms with Crippen LogP contribution in [0.5, 0.6) is 5.88 Å². The van der Waals surface area contributed by atoms with Gasteiger partial charge in [-0.1, -0.05) is 72.3 Å². The Morgan fingerprint density at radius 1 is 0.774 bits per heavy atom. The summed E-state index contributed by atoms with van der Waals surface area (Å²) in [5.41, 5.74) is 5.31. The van der Waals surface area contributed by atoms with Gasteiger partial charge in [0, 0.05) is 16.5 Å². The molecule has 0 saturated carbocycles. The molecule has 0 radical (unpaired) electrons. The van der Waals surface area contributed by atoms with Crippen molar-refractivity contribution in [2.75, 3.05) is 0 Å². The molecule has 2 aromatic heterocycles. The van der Waals surface area contributed by atoms with E-state index in [2.05, 4.69) is 30.4 Å². The fourth-order valence-corrected chi connectivity index (χ4v) is 3.42. The zero-order valence-electron chi connectivity index (χ0n) is 16.7. The third-order valence-corrected chi connectivity index (χ3v) is 4.92. The fraction of sp³-hybridized carbons (Fsp3) is 0.0417. The number of fused-ring (bicyclic) bond motifs is 1. The quantitative estimate of drug-likeness (QED) is 0.351. The first-order valence-electron chi connectivity index (χ1n) is 9.77. The van der Waals surface area contributed by atoms with Crippen LogP contribution in [0.25, 0.3) is 33.4 Å². The lowest BCUT2D eigenvalue weighted by atomic mass is 10.0. The molecule has 0 saturated heterocycles. The van der Waals surface area contributed by atoms with Gasteiger partial charge in [-0.25, -0.2) is 4.98 Å². The molecule has 0 atom stereocenters. The Labute approximate surface area is 178 Å². The zero-order valence-corrected chi connectivity index (χ0v) is 16.7. The largest absolute Gasteiger partial charge is 0.493 e. The van der Waals surface area contributed by atoms with E-state index in [1.807, 2.05) is 85.8 Å². The van der Waals surface area contributed by atoms with E-state index in [-0.39, 0.29) is 11.8 Å². The van der Waals surface area contributed by atoms with Crippen LogP contribution in [-0.4, -0.2) is 25.3 Å². The maximum atomic E-state index is 10.3. The summed E-state index contributed by atoms with van der Waals surface area (Å²) in [6.45, 7) is 1.98. The van der Waals surface area contributed by atoms with Crippen molar-refractivity contribution in [2.24, 2.45) is 10.2 Å². The second-order valence-electron chi connectivity index (χ2n) is 7.11. The summed E-state index contributed by atoms with van der Waals surface area (Å²) in [5.74, 6) is 0.0569. The van der Waals surface area contributed by atoms with Gasteiger partial charge in [0.2, 0.25) is 5.88 Å². The molecule has 0 amide bonds. The minimum atomic E-state index is -0.0542. The Morgan fingerprint density at radius 3 is 2.16 bits per heavy atom. The number of nitrogens with one attached hydrogen (secondary N) is 1. The predicted molar refractivity (Wildman–Crippen MR) is 120 cm³/mol. The van der Waals surface area contributed by atoms with Gasteiger partial charge in [0.15, 0.2) is 5.69 Å². The van der Waals surface area contributed by atoms with Crippen LogP contribution in [0, 0.1) is 6.92 Å². The maximum Gasteiger partial charge on any atom is 0.288 e. The second kappa shape index (κ2) is 7.79. The minimum Gasteiger partial charge on any atom is -0.493 e. The third-order valence-electron chi connectivity index (χ3n) is 4.92. The normalized spacial score (nSPS) is 11.4. The molecule has 150 valence electrons. The van der Waals surface area contributed by atoms with Crippen LogP contribution in [0.2, 0.25) is 0 Å². The molecule has 0 unspecified atom stereocenters. The molecule has 7 heteroatoms. The van der Waals surface area contributed by atoms with Crippen LogP contribution >= 0.6 is 0 Å². The van der Waals surface area contributed by atoms with Gasteiger partial charge >= 0.3 is 0 Å². The van der Waals surface area contributed by atoms with Gasteiger partial charge in [-0.3, -0.25) is 0 Å². The van der Waals surface area contributed by atoms with Crippen molar-refractivity contribution in [3.63, 3.8) is 0 Å². The summed E-state index contributed by atoms with van der Waals surface area (Å²) in [6, 6.07) is 25.3. The highest BCUT2D eigenvalue weighted by molar-refractivity contribution is 5.94. The zero-order chi connectivity index (χ0) is 21.2. The van der Waals surface area contributed by atoms with Crippen molar-refractivity contribution in [1.29, 1.82) is 0 Å². The number of aromatic nitrogens is 4. The number of aromatic amines is 1. The van der Waals surface area contributed by atoms with E-state index in [0.717, 1.165) is 27.6 Å². The molecule has 2 heterocycles. The van der Waals surface area contributed by atoms with Gasteiger partial charge < -0.3 is 10.1 Å². The van der Waals surface area contributed by atoms with Crippen molar-refractivity contribution < 1.29 is 5.11 Å². The Morgan fingerprint density at radius 2 is 1.45 bits per heavy atom. The first-order valence-corrected chi connectivity index (χ1v) is 9.77. The molecule has 2 N–H and O–H groups in total. The molecule has 5 rings (SSSR count).